The molecule has 21 heavy (non-hydrogen) atoms. The summed E-state index contributed by atoms with van der Waals surface area (Å²) in [5.74, 6) is -0.393. The summed E-state index contributed by atoms with van der Waals surface area (Å²) in [6.45, 7) is 7.19. The van der Waals surface area contributed by atoms with Crippen molar-refractivity contribution < 1.29 is 9.59 Å². The second-order valence-corrected chi connectivity index (χ2v) is 6.33. The third-order valence-corrected chi connectivity index (χ3v) is 3.61. The second kappa shape index (κ2) is 7.05. The maximum absolute atomic E-state index is 11.6. The Balaban J connectivity index is 0.00000220. The van der Waals surface area contributed by atoms with Crippen LogP contribution in [0.3, 0.4) is 0 Å². The highest BCUT2D eigenvalue weighted by Crippen LogP contribution is 2.22. The van der Waals surface area contributed by atoms with Crippen molar-refractivity contribution in [1.82, 2.24) is 10.6 Å². The van der Waals surface area contributed by atoms with Gasteiger partial charge in [0.1, 0.15) is 0 Å². The highest BCUT2D eigenvalue weighted by Gasteiger charge is 2.25. The number of amides is 2. The van der Waals surface area contributed by atoms with Crippen molar-refractivity contribution in [3.05, 3.63) is 35.4 Å². The van der Waals surface area contributed by atoms with Crippen LogP contribution in [0.1, 0.15) is 44.7 Å². The van der Waals surface area contributed by atoms with Crippen molar-refractivity contribution in [3.8, 4) is 0 Å². The van der Waals surface area contributed by atoms with Gasteiger partial charge in [-0.25, -0.2) is 0 Å². The molecule has 1 aliphatic heterocycles. The molecular formula is C16H23ClN2O2. The van der Waals surface area contributed by atoms with E-state index in [1.807, 2.05) is 0 Å². The lowest BCUT2D eigenvalue weighted by atomic mass is 9.87. The molecule has 1 fully saturated rings. The van der Waals surface area contributed by atoms with E-state index in [0.29, 0.717) is 19.4 Å². The van der Waals surface area contributed by atoms with Gasteiger partial charge >= 0.3 is 0 Å². The van der Waals surface area contributed by atoms with Gasteiger partial charge in [0.2, 0.25) is 11.8 Å². The third kappa shape index (κ3) is 4.83. The monoisotopic (exact) mass is 310 g/mol. The van der Waals surface area contributed by atoms with E-state index in [0.717, 1.165) is 5.56 Å². The van der Waals surface area contributed by atoms with Crippen molar-refractivity contribution in [2.24, 2.45) is 0 Å². The van der Waals surface area contributed by atoms with Crippen LogP contribution in [-0.4, -0.2) is 17.9 Å². The van der Waals surface area contributed by atoms with Gasteiger partial charge < -0.3 is 5.32 Å². The maximum Gasteiger partial charge on any atom is 0.243 e. The molecule has 0 aliphatic carbocycles. The van der Waals surface area contributed by atoms with Crippen LogP contribution in [0.15, 0.2) is 24.3 Å². The fourth-order valence-electron chi connectivity index (χ4n) is 2.25. The van der Waals surface area contributed by atoms with Gasteiger partial charge in [-0.05, 0) is 23.0 Å². The Kier molecular flexibility index (Phi) is 5.93. The largest absolute Gasteiger partial charge is 0.302 e. The Hall–Kier alpha value is -1.39. The normalized spacial score (nSPS) is 18.9. The minimum Gasteiger partial charge on any atom is -0.302 e. The zero-order chi connectivity index (χ0) is 14.8. The highest BCUT2D eigenvalue weighted by atomic mass is 35.5. The number of imide groups is 1. The van der Waals surface area contributed by atoms with E-state index in [9.17, 15) is 9.59 Å². The van der Waals surface area contributed by atoms with Crippen LogP contribution >= 0.6 is 12.4 Å². The first-order valence-corrected chi connectivity index (χ1v) is 7.03. The Labute approximate surface area is 132 Å². The van der Waals surface area contributed by atoms with E-state index in [2.05, 4.69) is 55.7 Å². The summed E-state index contributed by atoms with van der Waals surface area (Å²) >= 11 is 0. The number of piperidine rings is 1. The van der Waals surface area contributed by atoms with Crippen LogP contribution in [0, 0.1) is 0 Å². The van der Waals surface area contributed by atoms with E-state index in [1.165, 1.54) is 5.56 Å². The number of carbonyl (C=O) groups excluding carboxylic acids is 2. The van der Waals surface area contributed by atoms with Crippen LogP contribution in [0.25, 0.3) is 0 Å². The Morgan fingerprint density at radius 2 is 1.81 bits per heavy atom. The molecule has 1 unspecified atom stereocenters. The summed E-state index contributed by atoms with van der Waals surface area (Å²) in [4.78, 5) is 22.7. The molecule has 1 saturated heterocycles. The van der Waals surface area contributed by atoms with E-state index in [1.54, 1.807) is 0 Å². The first-order chi connectivity index (χ1) is 9.36. The standard InChI is InChI=1S/C16H22N2O2.ClH/c1-16(2,3)12-6-4-11(5-7-12)10-17-13-8-9-14(19)18-15(13)20;/h4-7,13,17H,8-10H2,1-3H3,(H,18,19,20);1H. The summed E-state index contributed by atoms with van der Waals surface area (Å²) < 4.78 is 0. The number of benzene rings is 1. The lowest BCUT2D eigenvalue weighted by molar-refractivity contribution is -0.134. The number of rotatable bonds is 3. The summed E-state index contributed by atoms with van der Waals surface area (Å²) in [6, 6.07) is 8.15. The zero-order valence-electron chi connectivity index (χ0n) is 12.7. The summed E-state index contributed by atoms with van der Waals surface area (Å²) in [5.41, 5.74) is 2.58. The molecule has 4 nitrogen and oxygen atoms in total. The molecule has 5 heteroatoms. The van der Waals surface area contributed by atoms with Gasteiger partial charge in [0.15, 0.2) is 0 Å². The fraction of sp³-hybridized carbons (Fsp3) is 0.500. The van der Waals surface area contributed by atoms with Crippen molar-refractivity contribution in [2.45, 2.75) is 51.6 Å². The Morgan fingerprint density at radius 1 is 1.19 bits per heavy atom. The summed E-state index contributed by atoms with van der Waals surface area (Å²) in [7, 11) is 0. The molecule has 116 valence electrons. The van der Waals surface area contributed by atoms with E-state index < -0.39 is 0 Å². The molecule has 1 heterocycles. The van der Waals surface area contributed by atoms with Crippen molar-refractivity contribution in [1.29, 1.82) is 0 Å². The molecule has 0 bridgehead atoms. The third-order valence-electron chi connectivity index (χ3n) is 3.61. The van der Waals surface area contributed by atoms with Crippen LogP contribution in [-0.2, 0) is 21.5 Å². The number of hydrogen-bond donors (Lipinski definition) is 2. The molecule has 1 aliphatic rings. The second-order valence-electron chi connectivity index (χ2n) is 6.33. The fourth-order valence-corrected chi connectivity index (χ4v) is 2.25. The summed E-state index contributed by atoms with van der Waals surface area (Å²) in [5, 5.41) is 5.56. The maximum atomic E-state index is 11.6. The van der Waals surface area contributed by atoms with Gasteiger partial charge in [-0.15, -0.1) is 12.4 Å². The van der Waals surface area contributed by atoms with Gasteiger partial charge in [-0.3, -0.25) is 14.9 Å². The quantitative estimate of drug-likeness (QED) is 0.842. The molecule has 0 radical (unpaired) electrons. The average molecular weight is 311 g/mol. The number of carbonyl (C=O) groups is 2. The number of nitrogens with one attached hydrogen (secondary N) is 2. The number of halogens is 1. The molecule has 1 aromatic rings. The van der Waals surface area contributed by atoms with E-state index >= 15 is 0 Å². The van der Waals surface area contributed by atoms with Crippen LogP contribution in [0.4, 0.5) is 0 Å². The van der Waals surface area contributed by atoms with Crippen molar-refractivity contribution in [2.75, 3.05) is 0 Å². The van der Waals surface area contributed by atoms with Crippen molar-refractivity contribution >= 4 is 24.2 Å². The summed E-state index contributed by atoms with van der Waals surface area (Å²) in [6.07, 6.45) is 0.983. The van der Waals surface area contributed by atoms with Crippen LogP contribution in [0.5, 0.6) is 0 Å². The molecule has 2 rings (SSSR count). The predicted octanol–water partition coefficient (Wildman–Crippen LogP) is 2.30. The Morgan fingerprint density at radius 3 is 2.33 bits per heavy atom. The Bertz CT molecular complexity index is 506. The van der Waals surface area contributed by atoms with Gasteiger partial charge in [-0.1, -0.05) is 45.0 Å². The molecule has 0 aromatic heterocycles. The molecule has 1 aromatic carbocycles. The first kappa shape index (κ1) is 17.7. The topological polar surface area (TPSA) is 58.2 Å². The molecule has 1 atom stereocenters. The van der Waals surface area contributed by atoms with Crippen LogP contribution < -0.4 is 10.6 Å². The number of hydrogen-bond acceptors (Lipinski definition) is 3. The van der Waals surface area contributed by atoms with E-state index in [-0.39, 0.29) is 35.7 Å². The SMILES string of the molecule is CC(C)(C)c1ccc(CNC2CCC(=O)NC2=O)cc1.Cl. The lowest BCUT2D eigenvalue weighted by Crippen LogP contribution is -2.50. The first-order valence-electron chi connectivity index (χ1n) is 7.03. The van der Waals surface area contributed by atoms with Gasteiger partial charge in [0.25, 0.3) is 0 Å². The van der Waals surface area contributed by atoms with Gasteiger partial charge in [0, 0.05) is 13.0 Å². The minimum absolute atomic E-state index is 0. The molecule has 2 amide bonds. The molecule has 0 spiro atoms. The van der Waals surface area contributed by atoms with E-state index in [4.69, 9.17) is 0 Å². The minimum atomic E-state index is -0.269. The highest BCUT2D eigenvalue weighted by molar-refractivity contribution is 6.00. The smallest absolute Gasteiger partial charge is 0.243 e. The van der Waals surface area contributed by atoms with Crippen LogP contribution in [0.2, 0.25) is 0 Å². The molecular weight excluding hydrogens is 288 g/mol. The average Bonchev–Trinajstić information content (AvgIpc) is 2.37. The van der Waals surface area contributed by atoms with Gasteiger partial charge in [0.05, 0.1) is 6.04 Å². The zero-order valence-corrected chi connectivity index (χ0v) is 13.5. The lowest BCUT2D eigenvalue weighted by Gasteiger charge is -2.22. The predicted molar refractivity (Wildman–Crippen MR) is 85.4 cm³/mol. The van der Waals surface area contributed by atoms with Gasteiger partial charge in [-0.2, -0.15) is 0 Å². The molecule has 2 N–H and O–H groups in total. The molecule has 0 saturated carbocycles. The van der Waals surface area contributed by atoms with Crippen molar-refractivity contribution in [3.63, 3.8) is 0 Å².